The smallest absolute Gasteiger partial charge is 0.211 e. The number of nitrogens with zero attached hydrogens (tertiary/aromatic N) is 2. The van der Waals surface area contributed by atoms with Crippen molar-refractivity contribution in [1.82, 2.24) is 9.88 Å². The summed E-state index contributed by atoms with van der Waals surface area (Å²) in [5.74, 6) is 1.76. The van der Waals surface area contributed by atoms with Crippen LogP contribution < -0.4 is 5.73 Å². The fourth-order valence-electron chi connectivity index (χ4n) is 2.11. The first-order chi connectivity index (χ1) is 7.16. The molecule has 84 valence electrons. The molecule has 0 aliphatic carbocycles. The Kier molecular flexibility index (Phi) is 3.07. The maximum absolute atomic E-state index is 5.72. The van der Waals surface area contributed by atoms with Crippen LogP contribution in [0.4, 0.5) is 0 Å². The number of hydrogen-bond donors (Lipinski definition) is 1. The van der Waals surface area contributed by atoms with E-state index in [1.165, 1.54) is 6.42 Å². The second-order valence-electron chi connectivity index (χ2n) is 4.48. The molecular weight excluding hydrogens is 190 g/mol. The normalized spacial score (nSPS) is 24.6. The van der Waals surface area contributed by atoms with Crippen LogP contribution >= 0.6 is 0 Å². The van der Waals surface area contributed by atoms with Gasteiger partial charge in [-0.05, 0) is 33.4 Å². The van der Waals surface area contributed by atoms with E-state index in [4.69, 9.17) is 10.2 Å². The van der Waals surface area contributed by atoms with Crippen LogP contribution in [0, 0.1) is 0 Å². The molecule has 2 unspecified atom stereocenters. The maximum atomic E-state index is 5.72. The Labute approximate surface area is 90.5 Å². The van der Waals surface area contributed by atoms with Gasteiger partial charge in [0.2, 0.25) is 5.89 Å². The zero-order valence-corrected chi connectivity index (χ0v) is 9.44. The van der Waals surface area contributed by atoms with Crippen molar-refractivity contribution in [3.05, 3.63) is 17.8 Å². The Morgan fingerprint density at radius 3 is 3.13 bits per heavy atom. The highest BCUT2D eigenvalue weighted by Crippen LogP contribution is 2.29. The third-order valence-electron chi connectivity index (χ3n) is 2.90. The Hall–Kier alpha value is -0.870. The zero-order chi connectivity index (χ0) is 10.8. The summed E-state index contributed by atoms with van der Waals surface area (Å²) in [6.07, 6.45) is 4.95. The van der Waals surface area contributed by atoms with Gasteiger partial charge < -0.3 is 10.2 Å². The minimum Gasteiger partial charge on any atom is -0.444 e. The molecular formula is C11H19N3O. The third-order valence-corrected chi connectivity index (χ3v) is 2.90. The highest BCUT2D eigenvalue weighted by Gasteiger charge is 2.26. The average molecular weight is 209 g/mol. The Bertz CT molecular complexity index is 321. The molecule has 2 N–H and O–H groups in total. The van der Waals surface area contributed by atoms with Crippen molar-refractivity contribution in [1.29, 1.82) is 0 Å². The van der Waals surface area contributed by atoms with Gasteiger partial charge in [-0.3, -0.25) is 4.90 Å². The van der Waals surface area contributed by atoms with Gasteiger partial charge in [-0.25, -0.2) is 4.98 Å². The summed E-state index contributed by atoms with van der Waals surface area (Å²) in [5.41, 5.74) is 5.72. The number of oxazole rings is 1. The van der Waals surface area contributed by atoms with Gasteiger partial charge in [-0.1, -0.05) is 0 Å². The Morgan fingerprint density at radius 2 is 2.53 bits per heavy atom. The lowest BCUT2D eigenvalue weighted by Gasteiger charge is -2.15. The quantitative estimate of drug-likeness (QED) is 0.816. The summed E-state index contributed by atoms with van der Waals surface area (Å²) in [4.78, 5) is 6.63. The SMILES string of the molecule is CC(N)Cc1cnc(C2CCCN2C)o1. The highest BCUT2D eigenvalue weighted by atomic mass is 16.4. The molecule has 0 bridgehead atoms. The van der Waals surface area contributed by atoms with Crippen LogP contribution in [0.3, 0.4) is 0 Å². The standard InChI is InChI=1S/C11H19N3O/c1-8(12)6-9-7-13-11(15-9)10-4-3-5-14(10)2/h7-8,10H,3-6,12H2,1-2H3. The molecule has 2 atom stereocenters. The van der Waals surface area contributed by atoms with Crippen LogP contribution in [0.2, 0.25) is 0 Å². The van der Waals surface area contributed by atoms with Crippen molar-refractivity contribution >= 4 is 0 Å². The summed E-state index contributed by atoms with van der Waals surface area (Å²) >= 11 is 0. The minimum atomic E-state index is 0.132. The van der Waals surface area contributed by atoms with Gasteiger partial charge >= 0.3 is 0 Å². The topological polar surface area (TPSA) is 55.3 Å². The van der Waals surface area contributed by atoms with E-state index in [2.05, 4.69) is 16.9 Å². The second-order valence-corrected chi connectivity index (χ2v) is 4.48. The fraction of sp³-hybridized carbons (Fsp3) is 0.727. The van der Waals surface area contributed by atoms with Gasteiger partial charge in [0, 0.05) is 12.5 Å². The molecule has 1 fully saturated rings. The average Bonchev–Trinajstić information content (AvgIpc) is 2.72. The van der Waals surface area contributed by atoms with E-state index >= 15 is 0 Å². The Morgan fingerprint density at radius 1 is 1.73 bits per heavy atom. The number of aromatic nitrogens is 1. The Balaban J connectivity index is 2.06. The third kappa shape index (κ3) is 2.38. The lowest BCUT2D eigenvalue weighted by molar-refractivity contribution is 0.262. The number of nitrogens with two attached hydrogens (primary N) is 1. The summed E-state index contributed by atoms with van der Waals surface area (Å²) in [7, 11) is 2.12. The van der Waals surface area contributed by atoms with Crippen molar-refractivity contribution < 1.29 is 4.42 Å². The molecule has 1 aliphatic heterocycles. The first-order valence-corrected chi connectivity index (χ1v) is 5.57. The van der Waals surface area contributed by atoms with E-state index in [-0.39, 0.29) is 6.04 Å². The molecule has 0 saturated carbocycles. The van der Waals surface area contributed by atoms with Crippen molar-refractivity contribution in [2.75, 3.05) is 13.6 Å². The van der Waals surface area contributed by atoms with Gasteiger partial charge in [0.1, 0.15) is 5.76 Å². The van der Waals surface area contributed by atoms with E-state index in [0.29, 0.717) is 6.04 Å². The lowest BCUT2D eigenvalue weighted by Crippen LogP contribution is -2.18. The first-order valence-electron chi connectivity index (χ1n) is 5.57. The molecule has 2 heterocycles. The molecule has 1 saturated heterocycles. The van der Waals surface area contributed by atoms with Crippen molar-refractivity contribution in [2.24, 2.45) is 5.73 Å². The molecule has 1 aliphatic rings. The number of likely N-dealkylation sites (tertiary alicyclic amines) is 1. The zero-order valence-electron chi connectivity index (χ0n) is 9.44. The van der Waals surface area contributed by atoms with E-state index < -0.39 is 0 Å². The van der Waals surface area contributed by atoms with Crippen molar-refractivity contribution in [3.8, 4) is 0 Å². The summed E-state index contributed by atoms with van der Waals surface area (Å²) in [6.45, 7) is 3.11. The van der Waals surface area contributed by atoms with Crippen LogP contribution in [0.5, 0.6) is 0 Å². The predicted octanol–water partition coefficient (Wildman–Crippen LogP) is 1.33. The largest absolute Gasteiger partial charge is 0.444 e. The first kappa shape index (κ1) is 10.6. The van der Waals surface area contributed by atoms with E-state index in [1.807, 2.05) is 13.1 Å². The van der Waals surface area contributed by atoms with Gasteiger partial charge in [-0.15, -0.1) is 0 Å². The van der Waals surface area contributed by atoms with Gasteiger partial charge in [0.05, 0.1) is 12.2 Å². The second kappa shape index (κ2) is 4.33. The monoisotopic (exact) mass is 209 g/mol. The van der Waals surface area contributed by atoms with Crippen LogP contribution in [-0.2, 0) is 6.42 Å². The van der Waals surface area contributed by atoms with Crippen LogP contribution in [-0.4, -0.2) is 29.5 Å². The van der Waals surface area contributed by atoms with E-state index in [0.717, 1.165) is 31.0 Å². The summed E-state index contributed by atoms with van der Waals surface area (Å²) < 4.78 is 5.72. The van der Waals surface area contributed by atoms with Crippen LogP contribution in [0.25, 0.3) is 0 Å². The maximum Gasteiger partial charge on any atom is 0.211 e. The molecule has 0 radical (unpaired) electrons. The molecule has 1 aromatic heterocycles. The van der Waals surface area contributed by atoms with Crippen LogP contribution in [0.1, 0.15) is 37.5 Å². The minimum absolute atomic E-state index is 0.132. The summed E-state index contributed by atoms with van der Waals surface area (Å²) in [5, 5.41) is 0. The molecule has 15 heavy (non-hydrogen) atoms. The predicted molar refractivity (Wildman–Crippen MR) is 58.5 cm³/mol. The van der Waals surface area contributed by atoms with Crippen molar-refractivity contribution in [3.63, 3.8) is 0 Å². The molecule has 0 aromatic carbocycles. The van der Waals surface area contributed by atoms with Gasteiger partial charge in [0.25, 0.3) is 0 Å². The van der Waals surface area contributed by atoms with Gasteiger partial charge in [0.15, 0.2) is 0 Å². The fourth-order valence-corrected chi connectivity index (χ4v) is 2.11. The summed E-state index contributed by atoms with van der Waals surface area (Å²) in [6, 6.07) is 0.499. The number of hydrogen-bond acceptors (Lipinski definition) is 4. The molecule has 4 heteroatoms. The lowest BCUT2D eigenvalue weighted by atomic mass is 10.2. The molecule has 4 nitrogen and oxygen atoms in total. The molecule has 2 rings (SSSR count). The van der Waals surface area contributed by atoms with E-state index in [9.17, 15) is 0 Å². The number of rotatable bonds is 3. The van der Waals surface area contributed by atoms with Crippen molar-refractivity contribution in [2.45, 2.75) is 38.3 Å². The highest BCUT2D eigenvalue weighted by molar-refractivity contribution is 5.01. The molecule has 0 spiro atoms. The van der Waals surface area contributed by atoms with Gasteiger partial charge in [-0.2, -0.15) is 0 Å². The molecule has 1 aromatic rings. The van der Waals surface area contributed by atoms with Crippen LogP contribution in [0.15, 0.2) is 10.6 Å². The molecule has 0 amide bonds. The van der Waals surface area contributed by atoms with E-state index in [1.54, 1.807) is 0 Å².